The molecule has 2 unspecified atom stereocenters. The molecule has 16 nitrogen and oxygen atoms in total. The monoisotopic (exact) mass is 889 g/mol. The molecule has 1 aromatic carbocycles. The second kappa shape index (κ2) is 20.2. The number of hydrogen-bond donors (Lipinski definition) is 0. The number of benzene rings is 1. The van der Waals surface area contributed by atoms with Crippen molar-refractivity contribution in [2.75, 3.05) is 27.7 Å². The molecule has 3 fully saturated rings. The Morgan fingerprint density at radius 3 is 2.30 bits per heavy atom. The number of fused-ring (bicyclic) bond motifs is 2. The van der Waals surface area contributed by atoms with Gasteiger partial charge in [-0.25, -0.2) is 19.6 Å². The topological polar surface area (TPSA) is 178 Å². The number of cyclic esters (lactones) is 1. The van der Waals surface area contributed by atoms with E-state index in [0.29, 0.717) is 31.4 Å². The molecule has 3 aliphatic rings. The predicted octanol–water partition coefficient (Wildman–Crippen LogP) is 6.28. The number of carbonyl (C=O) groups is 5. The van der Waals surface area contributed by atoms with Gasteiger partial charge in [0.2, 0.25) is 0 Å². The fourth-order valence-electron chi connectivity index (χ4n) is 9.85. The highest BCUT2D eigenvalue weighted by atomic mass is 16.7. The van der Waals surface area contributed by atoms with Crippen molar-refractivity contribution in [2.24, 2.45) is 23.2 Å². The van der Waals surface area contributed by atoms with E-state index in [4.69, 9.17) is 28.4 Å². The van der Waals surface area contributed by atoms with E-state index in [9.17, 15) is 24.0 Å². The smallest absolute Gasteiger partial charge is 0.410 e. The molecule has 0 aliphatic carbocycles. The first kappa shape index (κ1) is 48.7. The second-order valence-corrected chi connectivity index (χ2v) is 18.8. The summed E-state index contributed by atoms with van der Waals surface area (Å²) in [6.45, 7) is 14.7. The highest BCUT2D eigenvalue weighted by Gasteiger charge is 2.56. The number of pyridine rings is 1. The molecule has 3 aliphatic heterocycles. The van der Waals surface area contributed by atoms with Gasteiger partial charge in [0.25, 0.3) is 0 Å². The highest BCUT2D eigenvalue weighted by molar-refractivity contribution is 6.04. The van der Waals surface area contributed by atoms with Gasteiger partial charge in [-0.15, -0.1) is 0 Å². The lowest BCUT2D eigenvalue weighted by molar-refractivity contribution is -0.294. The molecule has 0 spiro atoms. The molecule has 6 rings (SSSR count). The standard InChI is InChI=1S/C48H67N5O11/c1-12-35-39-36(53(46(58)63-39)24-17-16-23-52-27-50-33-21-18-22-49-42(33)52)30(4)37(54)28(2)26-48(8,59-11)41(31(5)40(55)47(6,7)45(57)61-35)64-44-38(34(51(9)10)25-29(3)60-44)62-43(56)32-19-14-13-15-20-32/h13-15,18-22,27-31,34-36,38-39,41,44H,12,16-17,23-26H2,1-11H3/t28-,29-,30-,31+,34+,35-,36-,38-,39?,41-,44?,48-/m1/s1. The molecule has 0 saturated carbocycles. The number of aryl methyl sites for hydroxylation is 1. The summed E-state index contributed by atoms with van der Waals surface area (Å²) in [4.78, 5) is 83.9. The number of rotatable bonds is 12. The molecule has 3 saturated heterocycles. The molecule has 16 heteroatoms. The Balaban J connectivity index is 1.32. The Kier molecular flexibility index (Phi) is 15.3. The van der Waals surface area contributed by atoms with Gasteiger partial charge < -0.3 is 42.8 Å². The van der Waals surface area contributed by atoms with Gasteiger partial charge >= 0.3 is 18.0 Å². The first-order valence-corrected chi connectivity index (χ1v) is 22.6. The lowest BCUT2D eigenvalue weighted by atomic mass is 9.72. The first-order valence-electron chi connectivity index (χ1n) is 22.6. The van der Waals surface area contributed by atoms with Gasteiger partial charge in [-0.3, -0.25) is 14.4 Å². The maximum atomic E-state index is 14.9. The summed E-state index contributed by atoms with van der Waals surface area (Å²) < 4.78 is 40.1. The molecule has 2 aromatic heterocycles. The van der Waals surface area contributed by atoms with E-state index in [2.05, 4.69) is 9.97 Å². The van der Waals surface area contributed by atoms with Crippen molar-refractivity contribution in [1.29, 1.82) is 0 Å². The van der Waals surface area contributed by atoms with Crippen LogP contribution in [0.25, 0.3) is 11.2 Å². The number of nitrogens with zero attached hydrogens (tertiary/aromatic N) is 5. The van der Waals surface area contributed by atoms with E-state index in [1.54, 1.807) is 75.5 Å². The molecule has 0 bridgehead atoms. The number of unbranched alkanes of at least 4 members (excludes halogenated alkanes) is 1. The van der Waals surface area contributed by atoms with Crippen LogP contribution in [0.2, 0.25) is 0 Å². The highest BCUT2D eigenvalue weighted by Crippen LogP contribution is 2.41. The summed E-state index contributed by atoms with van der Waals surface area (Å²) in [6, 6.07) is 11.2. The van der Waals surface area contributed by atoms with E-state index >= 15 is 0 Å². The average molecular weight is 890 g/mol. The summed E-state index contributed by atoms with van der Waals surface area (Å²) >= 11 is 0. The average Bonchev–Trinajstić information content (AvgIpc) is 3.84. The van der Waals surface area contributed by atoms with E-state index in [0.717, 1.165) is 11.2 Å². The molecule has 1 amide bonds. The summed E-state index contributed by atoms with van der Waals surface area (Å²) in [5, 5.41) is 0. The van der Waals surface area contributed by atoms with Crippen LogP contribution in [0.3, 0.4) is 0 Å². The van der Waals surface area contributed by atoms with Gasteiger partial charge in [0.05, 0.1) is 41.8 Å². The lowest BCUT2D eigenvalue weighted by Gasteiger charge is -2.48. The number of ether oxygens (including phenoxy) is 6. The number of ketones is 2. The number of methoxy groups -OCH3 is 1. The Morgan fingerprint density at radius 2 is 1.62 bits per heavy atom. The molecule has 5 heterocycles. The van der Waals surface area contributed by atoms with Crippen LogP contribution < -0.4 is 0 Å². The third kappa shape index (κ3) is 10.0. The van der Waals surface area contributed by atoms with E-state index in [-0.39, 0.29) is 37.3 Å². The zero-order valence-electron chi connectivity index (χ0n) is 39.2. The molecule has 3 aromatic rings. The molecule has 0 radical (unpaired) electrons. The quantitative estimate of drug-likeness (QED) is 0.0859. The minimum Gasteiger partial charge on any atom is -0.458 e. The van der Waals surface area contributed by atoms with Crippen molar-refractivity contribution in [3.8, 4) is 0 Å². The molecule has 12 atom stereocenters. The number of imidazole rings is 1. The van der Waals surface area contributed by atoms with Crippen LogP contribution in [-0.4, -0.2) is 136 Å². The van der Waals surface area contributed by atoms with Crippen LogP contribution in [0.4, 0.5) is 4.79 Å². The van der Waals surface area contributed by atoms with Crippen LogP contribution in [0.15, 0.2) is 55.0 Å². The van der Waals surface area contributed by atoms with Gasteiger partial charge in [0.15, 0.2) is 29.9 Å². The van der Waals surface area contributed by atoms with Crippen molar-refractivity contribution < 1.29 is 52.4 Å². The zero-order valence-corrected chi connectivity index (χ0v) is 39.2. The van der Waals surface area contributed by atoms with Crippen LogP contribution in [0.1, 0.15) is 97.9 Å². The Bertz CT molecular complexity index is 2130. The fraction of sp³-hybridized carbons (Fsp3) is 0.646. The third-order valence-electron chi connectivity index (χ3n) is 13.6. The number of carbonyl (C=O) groups excluding carboxylic acids is 5. The van der Waals surface area contributed by atoms with Crippen LogP contribution in [0, 0.1) is 23.2 Å². The van der Waals surface area contributed by atoms with Gasteiger partial charge in [-0.05, 0) is 98.2 Å². The number of hydrogen-bond acceptors (Lipinski definition) is 14. The minimum absolute atomic E-state index is 0.0873. The maximum absolute atomic E-state index is 14.9. The number of amides is 1. The third-order valence-corrected chi connectivity index (χ3v) is 13.6. The Hall–Kier alpha value is -4.77. The number of esters is 2. The molecular weight excluding hydrogens is 823 g/mol. The molecule has 0 N–H and O–H groups in total. The number of aromatic nitrogens is 3. The van der Waals surface area contributed by atoms with Crippen LogP contribution >= 0.6 is 0 Å². The Labute approximate surface area is 376 Å². The summed E-state index contributed by atoms with van der Waals surface area (Å²) in [5.41, 5.74) is -1.15. The van der Waals surface area contributed by atoms with Crippen molar-refractivity contribution in [2.45, 2.75) is 149 Å². The SMILES string of the molecule is CC[C@H]1OC(=O)C(C)(C)C(=O)[C@H](C)[C@@H](OC2O[C@H](C)C[C@H](N(C)C)[C@H]2OC(=O)c2ccccc2)[C@](C)(OC)C[C@@H](C)C(=O)[C@H](C)[C@@H]2C1OC(=O)N2CCCCn1cnc2cccnc21. The summed E-state index contributed by atoms with van der Waals surface area (Å²) in [6.07, 6.45) is -0.538. The van der Waals surface area contributed by atoms with Gasteiger partial charge in [0, 0.05) is 44.1 Å². The van der Waals surface area contributed by atoms with Crippen molar-refractivity contribution in [1.82, 2.24) is 24.3 Å². The number of likely N-dealkylation sites (N-methyl/N-ethyl adjacent to an activating group) is 1. The maximum Gasteiger partial charge on any atom is 0.410 e. The Morgan fingerprint density at radius 1 is 0.922 bits per heavy atom. The van der Waals surface area contributed by atoms with Crippen molar-refractivity contribution >= 4 is 40.8 Å². The van der Waals surface area contributed by atoms with E-state index in [1.165, 1.54) is 21.0 Å². The lowest BCUT2D eigenvalue weighted by Crippen LogP contribution is -2.61. The predicted molar refractivity (Wildman–Crippen MR) is 236 cm³/mol. The molecule has 64 heavy (non-hydrogen) atoms. The normalized spacial score (nSPS) is 32.8. The van der Waals surface area contributed by atoms with Crippen molar-refractivity contribution in [3.63, 3.8) is 0 Å². The van der Waals surface area contributed by atoms with Crippen LogP contribution in [0.5, 0.6) is 0 Å². The summed E-state index contributed by atoms with van der Waals surface area (Å²) in [7, 11) is 5.27. The molecule has 350 valence electrons. The largest absolute Gasteiger partial charge is 0.458 e. The second-order valence-electron chi connectivity index (χ2n) is 18.8. The minimum atomic E-state index is -1.71. The van der Waals surface area contributed by atoms with Crippen molar-refractivity contribution in [3.05, 3.63) is 60.6 Å². The number of Topliss-reactive ketones (excluding diaryl/α,β-unsaturated/α-hetero) is 2. The van der Waals surface area contributed by atoms with E-state index in [1.807, 2.05) is 49.5 Å². The molecular formula is C48H67N5O11. The van der Waals surface area contributed by atoms with Gasteiger partial charge in [-0.1, -0.05) is 45.9 Å². The van der Waals surface area contributed by atoms with Crippen LogP contribution in [-0.2, 0) is 49.3 Å². The fourth-order valence-corrected chi connectivity index (χ4v) is 9.85. The first-order chi connectivity index (χ1) is 30.3. The van der Waals surface area contributed by atoms with E-state index < -0.39 is 89.3 Å². The summed E-state index contributed by atoms with van der Waals surface area (Å²) in [5.74, 6) is -4.53. The van der Waals surface area contributed by atoms with Gasteiger partial charge in [0.1, 0.15) is 22.8 Å². The van der Waals surface area contributed by atoms with Gasteiger partial charge in [-0.2, -0.15) is 0 Å². The zero-order chi connectivity index (χ0) is 46.7.